The van der Waals surface area contributed by atoms with E-state index in [0.717, 1.165) is 5.56 Å². The Hall–Kier alpha value is -2.51. The second-order valence-corrected chi connectivity index (χ2v) is 9.41. The molecule has 0 saturated carbocycles. The van der Waals surface area contributed by atoms with Gasteiger partial charge in [-0.05, 0) is 55.0 Å². The number of benzene rings is 1. The quantitative estimate of drug-likeness (QED) is 0.623. The molecule has 1 aliphatic rings. The Bertz CT molecular complexity index is 1070. The smallest absolute Gasteiger partial charge is 0.290 e. The van der Waals surface area contributed by atoms with Crippen LogP contribution in [-0.4, -0.2) is 36.8 Å². The zero-order chi connectivity index (χ0) is 19.7. The van der Waals surface area contributed by atoms with Crippen molar-refractivity contribution in [1.82, 2.24) is 4.90 Å². The van der Waals surface area contributed by atoms with Gasteiger partial charge < -0.3 is 13.7 Å². The van der Waals surface area contributed by atoms with Crippen molar-refractivity contribution in [1.29, 1.82) is 0 Å². The Morgan fingerprint density at radius 1 is 1.14 bits per heavy atom. The number of hydrogen-bond acceptors (Lipinski definition) is 5. The number of nitrogens with zero attached hydrogens (tertiary/aromatic N) is 1. The maximum absolute atomic E-state index is 12.9. The van der Waals surface area contributed by atoms with Crippen molar-refractivity contribution in [3.05, 3.63) is 71.3 Å². The Kier molecular flexibility index (Phi) is 5.03. The summed E-state index contributed by atoms with van der Waals surface area (Å²) < 4.78 is 35.0. The third-order valence-corrected chi connectivity index (χ3v) is 6.76. The lowest BCUT2D eigenvalue weighted by Gasteiger charge is -2.26. The number of furan rings is 2. The Labute approximate surface area is 167 Å². The Morgan fingerprint density at radius 2 is 1.93 bits per heavy atom. The molecule has 1 aliphatic heterocycles. The van der Waals surface area contributed by atoms with Gasteiger partial charge in [0, 0.05) is 16.6 Å². The predicted octanol–water partition coefficient (Wildman–Crippen LogP) is 4.02. The SMILES string of the molecule is O=C(c1ccco1)N(Cc1ccc(-c2ccc(Cl)cc2)o1)[C@H]1CCS(=O)(=O)C1. The standard InChI is InChI=1S/C20H18ClNO5S/c21-15-5-3-14(4-6-15)18-8-7-17(27-18)12-22(16-9-11-28(24,25)13-16)20(23)19-2-1-10-26-19/h1-8,10,16H,9,11-13H2/t16-/m0/s1. The number of carbonyl (C=O) groups excluding carboxylic acids is 1. The molecule has 0 aliphatic carbocycles. The third kappa shape index (κ3) is 4.00. The summed E-state index contributed by atoms with van der Waals surface area (Å²) in [4.78, 5) is 14.4. The molecule has 1 amide bonds. The van der Waals surface area contributed by atoms with Crippen molar-refractivity contribution in [3.63, 3.8) is 0 Å². The van der Waals surface area contributed by atoms with E-state index >= 15 is 0 Å². The van der Waals surface area contributed by atoms with E-state index in [1.807, 2.05) is 18.2 Å². The van der Waals surface area contributed by atoms with Crippen LogP contribution < -0.4 is 0 Å². The molecule has 0 unspecified atom stereocenters. The lowest BCUT2D eigenvalue weighted by atomic mass is 10.2. The summed E-state index contributed by atoms with van der Waals surface area (Å²) in [7, 11) is -3.14. The molecule has 1 aromatic carbocycles. The van der Waals surface area contributed by atoms with Crippen LogP contribution in [0.2, 0.25) is 5.02 Å². The molecule has 0 bridgehead atoms. The molecule has 3 aromatic rings. The van der Waals surface area contributed by atoms with Crippen LogP contribution in [0.4, 0.5) is 0 Å². The van der Waals surface area contributed by atoms with E-state index in [1.54, 1.807) is 30.3 Å². The Morgan fingerprint density at radius 3 is 2.57 bits per heavy atom. The van der Waals surface area contributed by atoms with Crippen molar-refractivity contribution in [2.24, 2.45) is 0 Å². The molecule has 0 radical (unpaired) electrons. The molecule has 28 heavy (non-hydrogen) atoms. The molecule has 8 heteroatoms. The van der Waals surface area contributed by atoms with Crippen molar-refractivity contribution in [2.75, 3.05) is 11.5 Å². The van der Waals surface area contributed by atoms with Crippen LogP contribution in [0.3, 0.4) is 0 Å². The molecule has 1 fully saturated rings. The monoisotopic (exact) mass is 419 g/mol. The number of sulfone groups is 1. The first-order valence-electron chi connectivity index (χ1n) is 8.81. The minimum Gasteiger partial charge on any atom is -0.459 e. The van der Waals surface area contributed by atoms with Crippen LogP contribution in [0.1, 0.15) is 22.7 Å². The summed E-state index contributed by atoms with van der Waals surface area (Å²) in [5.41, 5.74) is 0.864. The highest BCUT2D eigenvalue weighted by molar-refractivity contribution is 7.91. The summed E-state index contributed by atoms with van der Waals surface area (Å²) >= 11 is 5.92. The van der Waals surface area contributed by atoms with E-state index in [0.29, 0.717) is 23.0 Å². The van der Waals surface area contributed by atoms with Gasteiger partial charge in [0.25, 0.3) is 5.91 Å². The number of hydrogen-bond donors (Lipinski definition) is 0. The zero-order valence-corrected chi connectivity index (χ0v) is 16.4. The van der Waals surface area contributed by atoms with E-state index < -0.39 is 15.9 Å². The number of carbonyl (C=O) groups is 1. The maximum Gasteiger partial charge on any atom is 0.290 e. The molecular weight excluding hydrogens is 402 g/mol. The van der Waals surface area contributed by atoms with Gasteiger partial charge in [-0.1, -0.05) is 11.6 Å². The number of halogens is 1. The third-order valence-electron chi connectivity index (χ3n) is 4.76. The van der Waals surface area contributed by atoms with Gasteiger partial charge >= 0.3 is 0 Å². The highest BCUT2D eigenvalue weighted by atomic mass is 35.5. The van der Waals surface area contributed by atoms with Gasteiger partial charge in [-0.3, -0.25) is 4.79 Å². The van der Waals surface area contributed by atoms with Crippen molar-refractivity contribution in [3.8, 4) is 11.3 Å². The van der Waals surface area contributed by atoms with Crippen LogP contribution >= 0.6 is 11.6 Å². The maximum atomic E-state index is 12.9. The molecule has 0 N–H and O–H groups in total. The van der Waals surface area contributed by atoms with Gasteiger partial charge in [0.05, 0.1) is 24.3 Å². The highest BCUT2D eigenvalue weighted by Gasteiger charge is 2.36. The summed E-state index contributed by atoms with van der Waals surface area (Å²) in [6, 6.07) is 13.6. The fourth-order valence-electron chi connectivity index (χ4n) is 3.33. The van der Waals surface area contributed by atoms with Crippen LogP contribution in [0, 0.1) is 0 Å². The Balaban J connectivity index is 1.59. The van der Waals surface area contributed by atoms with Gasteiger partial charge in [-0.25, -0.2) is 8.42 Å². The summed E-state index contributed by atoms with van der Waals surface area (Å²) in [5.74, 6) is 1.06. The largest absolute Gasteiger partial charge is 0.459 e. The lowest BCUT2D eigenvalue weighted by Crippen LogP contribution is -2.40. The minimum absolute atomic E-state index is 0.0514. The molecule has 2 aromatic heterocycles. The van der Waals surface area contributed by atoms with Crippen molar-refractivity contribution >= 4 is 27.3 Å². The van der Waals surface area contributed by atoms with Gasteiger partial charge in [0.2, 0.25) is 0 Å². The van der Waals surface area contributed by atoms with Crippen LogP contribution in [0.25, 0.3) is 11.3 Å². The topological polar surface area (TPSA) is 80.7 Å². The summed E-state index contributed by atoms with van der Waals surface area (Å²) in [5, 5.41) is 0.633. The average molecular weight is 420 g/mol. The lowest BCUT2D eigenvalue weighted by molar-refractivity contribution is 0.0634. The highest BCUT2D eigenvalue weighted by Crippen LogP contribution is 2.27. The second-order valence-electron chi connectivity index (χ2n) is 6.74. The first-order chi connectivity index (χ1) is 13.4. The van der Waals surface area contributed by atoms with Crippen molar-refractivity contribution in [2.45, 2.75) is 19.0 Å². The zero-order valence-electron chi connectivity index (χ0n) is 14.9. The number of rotatable bonds is 5. The molecule has 6 nitrogen and oxygen atoms in total. The van der Waals surface area contributed by atoms with Gasteiger partial charge in [-0.15, -0.1) is 0 Å². The van der Waals surface area contributed by atoms with E-state index in [9.17, 15) is 13.2 Å². The van der Waals surface area contributed by atoms with Crippen LogP contribution in [0.15, 0.2) is 63.6 Å². The number of amides is 1. The summed E-state index contributed by atoms with van der Waals surface area (Å²) in [6.45, 7) is 0.160. The molecular formula is C20H18ClNO5S. The molecule has 1 atom stereocenters. The van der Waals surface area contributed by atoms with Gasteiger partial charge in [0.15, 0.2) is 15.6 Å². The molecule has 0 spiro atoms. The first kappa shape index (κ1) is 18.8. The van der Waals surface area contributed by atoms with E-state index in [1.165, 1.54) is 11.2 Å². The minimum atomic E-state index is -3.14. The van der Waals surface area contributed by atoms with Crippen LogP contribution in [-0.2, 0) is 16.4 Å². The van der Waals surface area contributed by atoms with E-state index in [-0.39, 0.29) is 29.7 Å². The van der Waals surface area contributed by atoms with Crippen LogP contribution in [0.5, 0.6) is 0 Å². The van der Waals surface area contributed by atoms with Gasteiger partial charge in [0.1, 0.15) is 11.5 Å². The van der Waals surface area contributed by atoms with Gasteiger partial charge in [-0.2, -0.15) is 0 Å². The normalized spacial score (nSPS) is 18.2. The fourth-order valence-corrected chi connectivity index (χ4v) is 5.19. The van der Waals surface area contributed by atoms with Crippen molar-refractivity contribution < 1.29 is 22.0 Å². The average Bonchev–Trinajstić information content (AvgIpc) is 3.41. The molecule has 146 valence electrons. The second kappa shape index (κ2) is 7.48. The summed E-state index contributed by atoms with van der Waals surface area (Å²) in [6.07, 6.45) is 1.82. The van der Waals surface area contributed by atoms with E-state index in [2.05, 4.69) is 0 Å². The fraction of sp³-hybridized carbons (Fsp3) is 0.250. The van der Waals surface area contributed by atoms with E-state index in [4.69, 9.17) is 20.4 Å². The molecule has 1 saturated heterocycles. The predicted molar refractivity (Wildman–Crippen MR) is 105 cm³/mol. The molecule has 3 heterocycles. The molecule has 4 rings (SSSR count). The first-order valence-corrected chi connectivity index (χ1v) is 11.0.